The van der Waals surface area contributed by atoms with Crippen molar-refractivity contribution in [2.24, 2.45) is 0 Å². The standard InChI is InChI=1S/C10H9ClN2O/c1-6(14)9-3-2-7-8(11)4-5-12-10(7)13-9/h2-6,14H,1H3. The first-order chi connectivity index (χ1) is 6.68. The zero-order valence-corrected chi connectivity index (χ0v) is 8.36. The summed E-state index contributed by atoms with van der Waals surface area (Å²) in [5, 5.41) is 10.8. The van der Waals surface area contributed by atoms with Gasteiger partial charge in [0.15, 0.2) is 5.65 Å². The van der Waals surface area contributed by atoms with Crippen molar-refractivity contribution in [1.29, 1.82) is 0 Å². The highest BCUT2D eigenvalue weighted by molar-refractivity contribution is 6.35. The number of hydrogen-bond acceptors (Lipinski definition) is 3. The van der Waals surface area contributed by atoms with E-state index in [0.717, 1.165) is 5.39 Å². The van der Waals surface area contributed by atoms with E-state index in [1.807, 2.05) is 6.07 Å². The lowest BCUT2D eigenvalue weighted by atomic mass is 10.2. The van der Waals surface area contributed by atoms with Gasteiger partial charge in [-0.25, -0.2) is 9.97 Å². The van der Waals surface area contributed by atoms with Gasteiger partial charge in [-0.3, -0.25) is 0 Å². The highest BCUT2D eigenvalue weighted by Gasteiger charge is 2.05. The van der Waals surface area contributed by atoms with Crippen LogP contribution in [0.3, 0.4) is 0 Å². The molecule has 0 radical (unpaired) electrons. The van der Waals surface area contributed by atoms with Crippen LogP contribution in [0, 0.1) is 0 Å². The van der Waals surface area contributed by atoms with E-state index < -0.39 is 6.10 Å². The lowest BCUT2D eigenvalue weighted by Crippen LogP contribution is -1.96. The molecule has 4 heteroatoms. The molecule has 0 saturated heterocycles. The summed E-state index contributed by atoms with van der Waals surface area (Å²) in [4.78, 5) is 8.27. The van der Waals surface area contributed by atoms with Gasteiger partial charge in [-0.15, -0.1) is 0 Å². The Kier molecular flexibility index (Phi) is 2.35. The molecule has 14 heavy (non-hydrogen) atoms. The van der Waals surface area contributed by atoms with E-state index in [4.69, 9.17) is 11.6 Å². The molecular formula is C10H9ClN2O. The molecule has 0 aromatic carbocycles. The number of aliphatic hydroxyl groups excluding tert-OH is 1. The molecule has 1 atom stereocenters. The van der Waals surface area contributed by atoms with Gasteiger partial charge in [-0.2, -0.15) is 0 Å². The van der Waals surface area contributed by atoms with Gasteiger partial charge in [0.1, 0.15) is 0 Å². The number of pyridine rings is 2. The van der Waals surface area contributed by atoms with E-state index in [-0.39, 0.29) is 0 Å². The molecule has 0 aliphatic rings. The Bertz CT molecular complexity index is 471. The number of nitrogens with zero attached hydrogens (tertiary/aromatic N) is 2. The van der Waals surface area contributed by atoms with Gasteiger partial charge in [0, 0.05) is 11.6 Å². The molecule has 72 valence electrons. The number of aliphatic hydroxyl groups is 1. The summed E-state index contributed by atoms with van der Waals surface area (Å²) in [7, 11) is 0. The maximum absolute atomic E-state index is 9.33. The Labute approximate surface area is 86.4 Å². The normalized spacial score (nSPS) is 13.1. The van der Waals surface area contributed by atoms with Crippen LogP contribution in [-0.2, 0) is 0 Å². The van der Waals surface area contributed by atoms with Gasteiger partial charge < -0.3 is 5.11 Å². The van der Waals surface area contributed by atoms with E-state index in [0.29, 0.717) is 16.4 Å². The monoisotopic (exact) mass is 208 g/mol. The second-order valence-electron chi connectivity index (χ2n) is 3.08. The van der Waals surface area contributed by atoms with Crippen molar-refractivity contribution in [3.05, 3.63) is 35.1 Å². The number of aromatic nitrogens is 2. The maximum Gasteiger partial charge on any atom is 0.160 e. The third-order valence-corrected chi connectivity index (χ3v) is 2.33. The van der Waals surface area contributed by atoms with Crippen LogP contribution in [0.5, 0.6) is 0 Å². The zero-order valence-electron chi connectivity index (χ0n) is 7.61. The molecule has 0 saturated carbocycles. The fourth-order valence-corrected chi connectivity index (χ4v) is 1.45. The predicted octanol–water partition coefficient (Wildman–Crippen LogP) is 2.34. The third kappa shape index (κ3) is 1.56. The fraction of sp³-hybridized carbons (Fsp3) is 0.200. The molecule has 0 aliphatic heterocycles. The second-order valence-corrected chi connectivity index (χ2v) is 3.48. The molecule has 0 spiro atoms. The molecule has 2 rings (SSSR count). The molecule has 0 bridgehead atoms. The number of halogens is 1. The first-order valence-corrected chi connectivity index (χ1v) is 4.65. The smallest absolute Gasteiger partial charge is 0.160 e. The SMILES string of the molecule is CC(O)c1ccc2c(Cl)ccnc2n1. The second kappa shape index (κ2) is 3.52. The zero-order chi connectivity index (χ0) is 10.1. The highest BCUT2D eigenvalue weighted by Crippen LogP contribution is 2.21. The Morgan fingerprint density at radius 1 is 1.36 bits per heavy atom. The molecule has 0 amide bonds. The Morgan fingerprint density at radius 2 is 2.14 bits per heavy atom. The topological polar surface area (TPSA) is 46.0 Å². The van der Waals surface area contributed by atoms with Crippen molar-refractivity contribution in [1.82, 2.24) is 9.97 Å². The fourth-order valence-electron chi connectivity index (χ4n) is 1.24. The molecule has 1 N–H and O–H groups in total. The van der Waals surface area contributed by atoms with E-state index in [9.17, 15) is 5.11 Å². The van der Waals surface area contributed by atoms with Crippen LogP contribution in [0.2, 0.25) is 5.02 Å². The highest BCUT2D eigenvalue weighted by atomic mass is 35.5. The van der Waals surface area contributed by atoms with Gasteiger partial charge in [0.25, 0.3) is 0 Å². The largest absolute Gasteiger partial charge is 0.387 e. The summed E-state index contributed by atoms with van der Waals surface area (Å²) >= 11 is 5.95. The van der Waals surface area contributed by atoms with Crippen LogP contribution in [0.25, 0.3) is 11.0 Å². The molecule has 2 heterocycles. The molecule has 1 unspecified atom stereocenters. The predicted molar refractivity (Wildman–Crippen MR) is 55.2 cm³/mol. The molecule has 3 nitrogen and oxygen atoms in total. The first kappa shape index (κ1) is 9.37. The average Bonchev–Trinajstić information content (AvgIpc) is 2.17. The van der Waals surface area contributed by atoms with Crippen LogP contribution in [-0.4, -0.2) is 15.1 Å². The lowest BCUT2D eigenvalue weighted by Gasteiger charge is -2.04. The molecule has 0 fully saturated rings. The summed E-state index contributed by atoms with van der Waals surface area (Å²) in [6.07, 6.45) is 1.02. The van der Waals surface area contributed by atoms with Gasteiger partial charge in [-0.1, -0.05) is 11.6 Å². The van der Waals surface area contributed by atoms with Gasteiger partial charge >= 0.3 is 0 Å². The van der Waals surface area contributed by atoms with Crippen molar-refractivity contribution in [2.75, 3.05) is 0 Å². The van der Waals surface area contributed by atoms with Crippen molar-refractivity contribution in [3.8, 4) is 0 Å². The lowest BCUT2D eigenvalue weighted by molar-refractivity contribution is 0.194. The minimum Gasteiger partial charge on any atom is -0.387 e. The van der Waals surface area contributed by atoms with Crippen molar-refractivity contribution < 1.29 is 5.11 Å². The number of rotatable bonds is 1. The van der Waals surface area contributed by atoms with Crippen LogP contribution >= 0.6 is 11.6 Å². The van der Waals surface area contributed by atoms with Crippen molar-refractivity contribution >= 4 is 22.6 Å². The number of fused-ring (bicyclic) bond motifs is 1. The van der Waals surface area contributed by atoms with E-state index >= 15 is 0 Å². The summed E-state index contributed by atoms with van der Waals surface area (Å²) in [5.41, 5.74) is 1.17. The van der Waals surface area contributed by atoms with E-state index in [1.54, 1.807) is 25.3 Å². The van der Waals surface area contributed by atoms with E-state index in [2.05, 4.69) is 9.97 Å². The summed E-state index contributed by atoms with van der Waals surface area (Å²) < 4.78 is 0. The Balaban J connectivity index is 2.67. The van der Waals surface area contributed by atoms with Gasteiger partial charge in [0.2, 0.25) is 0 Å². The summed E-state index contributed by atoms with van der Waals surface area (Å²) in [6, 6.07) is 5.29. The maximum atomic E-state index is 9.33. The molecule has 2 aromatic heterocycles. The van der Waals surface area contributed by atoms with Crippen LogP contribution in [0.4, 0.5) is 0 Å². The summed E-state index contributed by atoms with van der Waals surface area (Å²) in [6.45, 7) is 1.67. The summed E-state index contributed by atoms with van der Waals surface area (Å²) in [5.74, 6) is 0. The van der Waals surface area contributed by atoms with Crippen molar-refractivity contribution in [2.45, 2.75) is 13.0 Å². The first-order valence-electron chi connectivity index (χ1n) is 4.27. The van der Waals surface area contributed by atoms with Crippen LogP contribution in [0.1, 0.15) is 18.7 Å². The van der Waals surface area contributed by atoms with Gasteiger partial charge in [0.05, 0.1) is 16.8 Å². The van der Waals surface area contributed by atoms with Crippen LogP contribution in [0.15, 0.2) is 24.4 Å². The molecular weight excluding hydrogens is 200 g/mol. The Hall–Kier alpha value is -1.19. The van der Waals surface area contributed by atoms with Crippen LogP contribution < -0.4 is 0 Å². The van der Waals surface area contributed by atoms with Gasteiger partial charge in [-0.05, 0) is 25.1 Å². The third-order valence-electron chi connectivity index (χ3n) is 2.00. The molecule has 2 aromatic rings. The molecule has 0 aliphatic carbocycles. The Morgan fingerprint density at radius 3 is 2.86 bits per heavy atom. The van der Waals surface area contributed by atoms with E-state index in [1.165, 1.54) is 0 Å². The minimum atomic E-state index is -0.583. The minimum absolute atomic E-state index is 0.566. The average molecular weight is 209 g/mol. The number of hydrogen-bond donors (Lipinski definition) is 1. The quantitative estimate of drug-likeness (QED) is 0.783. The van der Waals surface area contributed by atoms with Crippen molar-refractivity contribution in [3.63, 3.8) is 0 Å².